The summed E-state index contributed by atoms with van der Waals surface area (Å²) in [7, 11) is 0. The summed E-state index contributed by atoms with van der Waals surface area (Å²) in [5.74, 6) is -0.164. The van der Waals surface area contributed by atoms with E-state index in [0.29, 0.717) is 6.42 Å². The fourth-order valence-electron chi connectivity index (χ4n) is 1.81. The molecule has 18 heavy (non-hydrogen) atoms. The van der Waals surface area contributed by atoms with Gasteiger partial charge in [-0.3, -0.25) is 20.2 Å². The summed E-state index contributed by atoms with van der Waals surface area (Å²) < 4.78 is 0. The summed E-state index contributed by atoms with van der Waals surface area (Å²) in [6.07, 6.45) is 0.561. The number of carbonyl (C=O) groups is 1. The predicted octanol–water partition coefficient (Wildman–Crippen LogP) is 1.77. The molecule has 1 saturated heterocycles. The van der Waals surface area contributed by atoms with Crippen LogP contribution in [0.3, 0.4) is 0 Å². The van der Waals surface area contributed by atoms with Crippen molar-refractivity contribution in [2.45, 2.75) is 17.8 Å². The summed E-state index contributed by atoms with van der Waals surface area (Å²) in [4.78, 5) is 21.2. The monoisotopic (exact) mass is 268 g/mol. The molecule has 1 fully saturated rings. The highest BCUT2D eigenvalue weighted by Crippen LogP contribution is 2.33. The first-order valence-electron chi connectivity index (χ1n) is 5.43. The lowest BCUT2D eigenvalue weighted by Gasteiger charge is -2.28. The van der Waals surface area contributed by atoms with E-state index in [1.807, 2.05) is 0 Å². The number of carboxylic acid groups (broad SMARTS) is 1. The number of thioether (sulfide) groups is 1. The first-order valence-corrected chi connectivity index (χ1v) is 6.47. The van der Waals surface area contributed by atoms with Crippen LogP contribution in [-0.2, 0) is 4.79 Å². The molecule has 96 valence electrons. The highest BCUT2D eigenvalue weighted by Gasteiger charge is 2.27. The average molecular weight is 268 g/mol. The second-order valence-corrected chi connectivity index (χ2v) is 5.16. The first kappa shape index (κ1) is 12.8. The largest absolute Gasteiger partial charge is 0.480 e. The lowest BCUT2D eigenvalue weighted by Crippen LogP contribution is -2.41. The minimum atomic E-state index is -0.884. The van der Waals surface area contributed by atoms with Crippen molar-refractivity contribution in [3.05, 3.63) is 39.9 Å². The molecule has 2 rings (SSSR count). The molecule has 0 bridgehead atoms. The summed E-state index contributed by atoms with van der Waals surface area (Å²) >= 11 is 1.56. The second-order valence-electron chi connectivity index (χ2n) is 3.95. The van der Waals surface area contributed by atoms with Gasteiger partial charge in [0.15, 0.2) is 0 Å². The van der Waals surface area contributed by atoms with Crippen molar-refractivity contribution < 1.29 is 14.8 Å². The number of non-ortho nitro benzene ring substituents is 1. The normalized spacial score (nSPS) is 23.6. The third-order valence-corrected chi connectivity index (χ3v) is 3.94. The van der Waals surface area contributed by atoms with Gasteiger partial charge in [-0.2, -0.15) is 0 Å². The van der Waals surface area contributed by atoms with Crippen LogP contribution in [0, 0.1) is 10.1 Å². The fourth-order valence-corrected chi connectivity index (χ4v) is 3.01. The summed E-state index contributed by atoms with van der Waals surface area (Å²) in [6, 6.07) is 5.69. The van der Waals surface area contributed by atoms with Crippen LogP contribution < -0.4 is 5.32 Å². The standard InChI is InChI=1S/C11H12N2O4S/c14-11(15)9-4-5-18-10(12-9)7-2-1-3-8(6-7)13(16)17/h1-3,6,9-10,12H,4-5H2,(H,14,15). The number of benzene rings is 1. The van der Waals surface area contributed by atoms with E-state index in [2.05, 4.69) is 5.32 Å². The van der Waals surface area contributed by atoms with Gasteiger partial charge < -0.3 is 5.11 Å². The molecule has 0 spiro atoms. The number of hydrogen-bond donors (Lipinski definition) is 2. The molecule has 0 aromatic heterocycles. The smallest absolute Gasteiger partial charge is 0.320 e. The van der Waals surface area contributed by atoms with Crippen molar-refractivity contribution in [2.24, 2.45) is 0 Å². The fraction of sp³-hybridized carbons (Fsp3) is 0.364. The molecule has 6 nitrogen and oxygen atoms in total. The first-order chi connectivity index (χ1) is 8.58. The van der Waals surface area contributed by atoms with E-state index in [0.717, 1.165) is 11.3 Å². The molecular formula is C11H12N2O4S. The Balaban J connectivity index is 2.18. The van der Waals surface area contributed by atoms with Gasteiger partial charge in [-0.1, -0.05) is 12.1 Å². The van der Waals surface area contributed by atoms with Crippen LogP contribution in [0.4, 0.5) is 5.69 Å². The zero-order valence-electron chi connectivity index (χ0n) is 9.41. The molecule has 0 aliphatic carbocycles. The van der Waals surface area contributed by atoms with Crippen LogP contribution in [0.25, 0.3) is 0 Å². The van der Waals surface area contributed by atoms with Crippen molar-refractivity contribution in [2.75, 3.05) is 5.75 Å². The number of hydrogen-bond acceptors (Lipinski definition) is 5. The SMILES string of the molecule is O=C(O)C1CCSC(c2cccc([N+](=O)[O-])c2)N1. The van der Waals surface area contributed by atoms with Gasteiger partial charge in [0.25, 0.3) is 5.69 Å². The zero-order valence-corrected chi connectivity index (χ0v) is 10.2. The molecule has 7 heteroatoms. The minimum Gasteiger partial charge on any atom is -0.480 e. The van der Waals surface area contributed by atoms with Crippen molar-refractivity contribution in [1.82, 2.24) is 5.32 Å². The Labute approximate surface area is 108 Å². The van der Waals surface area contributed by atoms with Crippen LogP contribution in [0.2, 0.25) is 0 Å². The molecule has 2 unspecified atom stereocenters. The molecule has 0 amide bonds. The van der Waals surface area contributed by atoms with E-state index < -0.39 is 16.9 Å². The summed E-state index contributed by atoms with van der Waals surface area (Å²) in [5, 5.41) is 22.4. The van der Waals surface area contributed by atoms with Crippen molar-refractivity contribution >= 4 is 23.4 Å². The molecular weight excluding hydrogens is 256 g/mol. The average Bonchev–Trinajstić information content (AvgIpc) is 2.39. The van der Waals surface area contributed by atoms with Gasteiger partial charge in [-0.25, -0.2) is 0 Å². The Bertz CT molecular complexity index is 480. The van der Waals surface area contributed by atoms with Crippen molar-refractivity contribution in [3.63, 3.8) is 0 Å². The Morgan fingerprint density at radius 1 is 1.56 bits per heavy atom. The van der Waals surface area contributed by atoms with Gasteiger partial charge in [-0.15, -0.1) is 11.8 Å². The van der Waals surface area contributed by atoms with Gasteiger partial charge in [0.2, 0.25) is 0 Å². The Morgan fingerprint density at radius 3 is 3.00 bits per heavy atom. The molecule has 1 aliphatic rings. The molecule has 1 aromatic carbocycles. The van der Waals surface area contributed by atoms with Gasteiger partial charge in [-0.05, 0) is 17.7 Å². The quantitative estimate of drug-likeness (QED) is 0.641. The van der Waals surface area contributed by atoms with Crippen molar-refractivity contribution in [1.29, 1.82) is 0 Å². The maximum Gasteiger partial charge on any atom is 0.320 e. The highest BCUT2D eigenvalue weighted by molar-refractivity contribution is 7.99. The Morgan fingerprint density at radius 2 is 2.33 bits per heavy atom. The number of carboxylic acids is 1. The van der Waals surface area contributed by atoms with E-state index in [-0.39, 0.29) is 11.1 Å². The number of nitro benzene ring substituents is 1. The Hall–Kier alpha value is -1.60. The molecule has 0 saturated carbocycles. The van der Waals surface area contributed by atoms with E-state index >= 15 is 0 Å². The maximum absolute atomic E-state index is 10.9. The lowest BCUT2D eigenvalue weighted by atomic mass is 10.1. The molecule has 1 aromatic rings. The summed E-state index contributed by atoms with van der Waals surface area (Å²) in [6.45, 7) is 0. The topological polar surface area (TPSA) is 92.5 Å². The van der Waals surface area contributed by atoms with Crippen LogP contribution in [-0.4, -0.2) is 27.8 Å². The molecule has 2 N–H and O–H groups in total. The van der Waals surface area contributed by atoms with Crippen LogP contribution in [0.1, 0.15) is 17.4 Å². The molecule has 1 heterocycles. The van der Waals surface area contributed by atoms with Gasteiger partial charge >= 0.3 is 5.97 Å². The van der Waals surface area contributed by atoms with Gasteiger partial charge in [0.1, 0.15) is 6.04 Å². The van der Waals surface area contributed by atoms with Crippen molar-refractivity contribution in [3.8, 4) is 0 Å². The molecule has 1 aliphatic heterocycles. The lowest BCUT2D eigenvalue weighted by molar-refractivity contribution is -0.384. The third-order valence-electron chi connectivity index (χ3n) is 2.73. The van der Waals surface area contributed by atoms with E-state index in [9.17, 15) is 14.9 Å². The van der Waals surface area contributed by atoms with Gasteiger partial charge in [0, 0.05) is 12.1 Å². The molecule has 0 radical (unpaired) electrons. The highest BCUT2D eigenvalue weighted by atomic mass is 32.2. The second kappa shape index (κ2) is 5.36. The third kappa shape index (κ3) is 2.80. The Kier molecular flexibility index (Phi) is 3.83. The van der Waals surface area contributed by atoms with Crippen LogP contribution >= 0.6 is 11.8 Å². The number of nitro groups is 1. The van der Waals surface area contributed by atoms with Gasteiger partial charge in [0.05, 0.1) is 10.3 Å². The zero-order chi connectivity index (χ0) is 13.1. The van der Waals surface area contributed by atoms with Crippen LogP contribution in [0.15, 0.2) is 24.3 Å². The molecule has 2 atom stereocenters. The summed E-state index contributed by atoms with van der Waals surface area (Å²) in [5.41, 5.74) is 0.757. The maximum atomic E-state index is 10.9. The van der Waals surface area contributed by atoms with E-state index in [4.69, 9.17) is 5.11 Å². The predicted molar refractivity (Wildman–Crippen MR) is 67.5 cm³/mol. The number of nitrogens with zero attached hydrogens (tertiary/aromatic N) is 1. The minimum absolute atomic E-state index is 0.0207. The van der Waals surface area contributed by atoms with Crippen LogP contribution in [0.5, 0.6) is 0 Å². The van der Waals surface area contributed by atoms with E-state index in [1.165, 1.54) is 12.1 Å². The number of rotatable bonds is 3. The number of aliphatic carboxylic acids is 1. The number of nitrogens with one attached hydrogen (secondary N) is 1. The van der Waals surface area contributed by atoms with E-state index in [1.54, 1.807) is 23.9 Å².